The van der Waals surface area contributed by atoms with Crippen molar-refractivity contribution >= 4 is 11.9 Å². The van der Waals surface area contributed by atoms with Crippen LogP contribution < -0.4 is 9.47 Å². The molecule has 0 bridgehead atoms. The highest BCUT2D eigenvalue weighted by atomic mass is 19.4. The second-order valence-electron chi connectivity index (χ2n) is 12.1. The number of hydrogen-bond donors (Lipinski definition) is 0. The molecule has 0 amide bonds. The van der Waals surface area contributed by atoms with Gasteiger partial charge in [-0.1, -0.05) is 42.5 Å². The van der Waals surface area contributed by atoms with Gasteiger partial charge < -0.3 is 42.6 Å². The fourth-order valence-electron chi connectivity index (χ4n) is 5.85. The van der Waals surface area contributed by atoms with Crippen LogP contribution in [0.1, 0.15) is 61.5 Å². The standard InChI is InChI=1S/C35H43F3O11/c1-22-11-10-14-27-28(49-33(2,3)48-27)16-15-25(47-32(40)34(43-6,35(36,37)38)24-12-8-7-9-13-24)17-23-18-26(44-20-41-4)19-29(45-21-42-5)30(23)31(39)46-22/h7-10,12-14,18-19,22,25,27-28H,11,15-17,20-21H2,1-6H3/b14-10+/t22-,25-,27+,28-,34?/m0/s1. The summed E-state index contributed by atoms with van der Waals surface area (Å²) < 4.78 is 94.8. The van der Waals surface area contributed by atoms with Crippen LogP contribution >= 0.6 is 0 Å². The Kier molecular flexibility index (Phi) is 12.7. The number of methoxy groups -OCH3 is 3. The van der Waals surface area contributed by atoms with Crippen molar-refractivity contribution < 1.29 is 65.4 Å². The van der Waals surface area contributed by atoms with E-state index in [4.69, 9.17) is 42.6 Å². The minimum Gasteiger partial charge on any atom is -0.467 e. The zero-order chi connectivity index (χ0) is 35.8. The predicted octanol–water partition coefficient (Wildman–Crippen LogP) is 6.02. The lowest BCUT2D eigenvalue weighted by atomic mass is 9.92. The van der Waals surface area contributed by atoms with E-state index >= 15 is 0 Å². The van der Waals surface area contributed by atoms with Gasteiger partial charge in [-0.15, -0.1) is 0 Å². The number of rotatable bonds is 10. The lowest BCUT2D eigenvalue weighted by Crippen LogP contribution is -2.52. The number of fused-ring (bicyclic) bond motifs is 2. The molecule has 2 aliphatic rings. The first-order chi connectivity index (χ1) is 23.2. The van der Waals surface area contributed by atoms with Gasteiger partial charge in [-0.05, 0) is 45.2 Å². The van der Waals surface area contributed by atoms with E-state index < -0.39 is 59.5 Å². The summed E-state index contributed by atoms with van der Waals surface area (Å²) in [6.07, 6.45) is -4.16. The summed E-state index contributed by atoms with van der Waals surface area (Å²) in [5.41, 5.74) is -3.72. The molecule has 4 rings (SSSR count). The van der Waals surface area contributed by atoms with E-state index in [1.165, 1.54) is 44.6 Å². The lowest BCUT2D eigenvalue weighted by Gasteiger charge is -2.34. The van der Waals surface area contributed by atoms with E-state index in [9.17, 15) is 22.8 Å². The van der Waals surface area contributed by atoms with Crippen LogP contribution in [0.25, 0.3) is 0 Å². The van der Waals surface area contributed by atoms with Crippen molar-refractivity contribution in [3.05, 3.63) is 71.3 Å². The molecule has 0 radical (unpaired) electrons. The van der Waals surface area contributed by atoms with Gasteiger partial charge in [-0.3, -0.25) is 0 Å². The van der Waals surface area contributed by atoms with Crippen LogP contribution in [0.2, 0.25) is 0 Å². The van der Waals surface area contributed by atoms with Crippen LogP contribution in [0.15, 0.2) is 54.6 Å². The van der Waals surface area contributed by atoms with E-state index in [0.29, 0.717) is 6.42 Å². The minimum absolute atomic E-state index is 0.00886. The molecular weight excluding hydrogens is 653 g/mol. The zero-order valence-electron chi connectivity index (χ0n) is 28.4. The molecule has 2 aromatic carbocycles. The van der Waals surface area contributed by atoms with Crippen LogP contribution in [0.4, 0.5) is 13.2 Å². The molecule has 2 heterocycles. The number of halogens is 3. The number of alkyl halides is 3. The first kappa shape index (κ1) is 38.1. The monoisotopic (exact) mass is 696 g/mol. The number of ether oxygens (including phenoxy) is 9. The van der Waals surface area contributed by atoms with Gasteiger partial charge in [-0.2, -0.15) is 13.2 Å². The van der Waals surface area contributed by atoms with Gasteiger partial charge in [0.1, 0.15) is 35.4 Å². The molecule has 0 aliphatic carbocycles. The molecule has 1 unspecified atom stereocenters. The molecule has 1 fully saturated rings. The van der Waals surface area contributed by atoms with Crippen molar-refractivity contribution in [2.75, 3.05) is 34.9 Å². The Morgan fingerprint density at radius 2 is 1.67 bits per heavy atom. The molecule has 0 spiro atoms. The third-order valence-corrected chi connectivity index (χ3v) is 8.03. The molecular formula is C35H43F3O11. The van der Waals surface area contributed by atoms with Crippen LogP contribution in [0.5, 0.6) is 11.5 Å². The summed E-state index contributed by atoms with van der Waals surface area (Å²) in [4.78, 5) is 27.6. The van der Waals surface area contributed by atoms with E-state index in [-0.39, 0.29) is 55.5 Å². The van der Waals surface area contributed by atoms with Gasteiger partial charge in [0.25, 0.3) is 5.60 Å². The average Bonchev–Trinajstić information content (AvgIpc) is 3.34. The van der Waals surface area contributed by atoms with Gasteiger partial charge in [0, 0.05) is 45.8 Å². The smallest absolute Gasteiger partial charge is 0.432 e. The van der Waals surface area contributed by atoms with E-state index in [2.05, 4.69) is 0 Å². The molecule has 14 heteroatoms. The van der Waals surface area contributed by atoms with Gasteiger partial charge in [0.05, 0.1) is 6.10 Å². The number of benzene rings is 2. The fourth-order valence-corrected chi connectivity index (χ4v) is 5.85. The molecule has 2 aromatic rings. The summed E-state index contributed by atoms with van der Waals surface area (Å²) in [5, 5.41) is 0. The number of cyclic esters (lactones) is 1. The van der Waals surface area contributed by atoms with E-state index in [1.807, 2.05) is 6.08 Å². The highest BCUT2D eigenvalue weighted by Crippen LogP contribution is 2.44. The third kappa shape index (κ3) is 9.11. The van der Waals surface area contributed by atoms with Crippen molar-refractivity contribution in [1.29, 1.82) is 0 Å². The van der Waals surface area contributed by atoms with Crippen molar-refractivity contribution in [3.63, 3.8) is 0 Å². The Hall–Kier alpha value is -3.69. The van der Waals surface area contributed by atoms with E-state index in [0.717, 1.165) is 19.2 Å². The summed E-state index contributed by atoms with van der Waals surface area (Å²) in [5.74, 6) is -3.17. The normalized spacial score (nSPS) is 24.7. The first-order valence-corrected chi connectivity index (χ1v) is 15.8. The maximum absolute atomic E-state index is 14.9. The van der Waals surface area contributed by atoms with Crippen molar-refractivity contribution in [3.8, 4) is 11.5 Å². The summed E-state index contributed by atoms with van der Waals surface area (Å²) in [6, 6.07) is 9.46. The van der Waals surface area contributed by atoms with Crippen molar-refractivity contribution in [2.45, 2.75) is 88.4 Å². The van der Waals surface area contributed by atoms with Crippen molar-refractivity contribution in [1.82, 2.24) is 0 Å². The number of carbonyl (C=O) groups excluding carboxylic acids is 2. The molecule has 270 valence electrons. The molecule has 49 heavy (non-hydrogen) atoms. The molecule has 0 saturated carbocycles. The SMILES string of the molecule is COCOc1cc2c(c(OCOC)c1)C(=O)O[C@@H](C)C/C=C/[C@H]1OC(C)(C)O[C@H]1CC[C@H](OC(=O)C(OC)(c1ccccc1)C(F)(F)F)C2. The second kappa shape index (κ2) is 16.3. The average molecular weight is 697 g/mol. The Morgan fingerprint density at radius 1 is 0.980 bits per heavy atom. The number of carbonyl (C=O) groups is 2. The highest BCUT2D eigenvalue weighted by molar-refractivity contribution is 5.95. The molecule has 1 saturated heterocycles. The Labute approximate surface area is 283 Å². The number of hydrogen-bond acceptors (Lipinski definition) is 11. The number of esters is 2. The quantitative estimate of drug-likeness (QED) is 0.165. The van der Waals surface area contributed by atoms with Crippen LogP contribution in [0, 0.1) is 0 Å². The molecule has 5 atom stereocenters. The molecule has 11 nitrogen and oxygen atoms in total. The fraction of sp³-hybridized carbons (Fsp3) is 0.543. The highest BCUT2D eigenvalue weighted by Gasteiger charge is 2.64. The Balaban J connectivity index is 1.84. The van der Waals surface area contributed by atoms with Gasteiger partial charge in [-0.25, -0.2) is 9.59 Å². The second-order valence-corrected chi connectivity index (χ2v) is 12.1. The summed E-state index contributed by atoms with van der Waals surface area (Å²) >= 11 is 0. The van der Waals surface area contributed by atoms with Gasteiger partial charge in [0.15, 0.2) is 19.4 Å². The summed E-state index contributed by atoms with van der Waals surface area (Å²) in [6.45, 7) is 4.80. The molecule has 2 aliphatic heterocycles. The maximum atomic E-state index is 14.9. The van der Waals surface area contributed by atoms with Crippen LogP contribution in [0.3, 0.4) is 0 Å². The zero-order valence-corrected chi connectivity index (χ0v) is 28.4. The summed E-state index contributed by atoms with van der Waals surface area (Å²) in [7, 11) is 3.61. The van der Waals surface area contributed by atoms with E-state index in [1.54, 1.807) is 26.8 Å². The van der Waals surface area contributed by atoms with Crippen molar-refractivity contribution in [2.24, 2.45) is 0 Å². The Bertz CT molecular complexity index is 1450. The third-order valence-electron chi connectivity index (χ3n) is 8.03. The topological polar surface area (TPSA) is 117 Å². The minimum atomic E-state index is -5.20. The lowest BCUT2D eigenvalue weighted by molar-refractivity contribution is -0.278. The molecule has 0 aromatic heterocycles. The predicted molar refractivity (Wildman–Crippen MR) is 168 cm³/mol. The van der Waals surface area contributed by atoms with Gasteiger partial charge >= 0.3 is 18.1 Å². The Morgan fingerprint density at radius 3 is 2.33 bits per heavy atom. The molecule has 0 N–H and O–H groups in total. The van der Waals surface area contributed by atoms with Gasteiger partial charge in [0.2, 0.25) is 0 Å². The largest absolute Gasteiger partial charge is 0.467 e. The van der Waals surface area contributed by atoms with Crippen LogP contribution in [-0.4, -0.2) is 83.2 Å². The maximum Gasteiger partial charge on any atom is 0.432 e. The first-order valence-electron chi connectivity index (χ1n) is 15.8. The van der Waals surface area contributed by atoms with Crippen LogP contribution in [-0.2, 0) is 50.0 Å².